The molecule has 1 saturated heterocycles. The van der Waals surface area contributed by atoms with Crippen LogP contribution in [0, 0.1) is 0 Å². The Bertz CT molecular complexity index is 482. The van der Waals surface area contributed by atoms with Gasteiger partial charge < -0.3 is 10.0 Å². The fourth-order valence-electron chi connectivity index (χ4n) is 2.03. The van der Waals surface area contributed by atoms with Crippen LogP contribution in [0.25, 0.3) is 0 Å². The SMILES string of the molecule is CC1(F)CCN(C(=O)c2c(O)cc(Cl)cc2Cl)C1. The number of aromatic hydroxyl groups is 1. The Labute approximate surface area is 114 Å². The van der Waals surface area contributed by atoms with Crippen LogP contribution in [0.2, 0.25) is 10.0 Å². The summed E-state index contributed by atoms with van der Waals surface area (Å²) in [5.74, 6) is -0.763. The van der Waals surface area contributed by atoms with Crippen LogP contribution in [0.4, 0.5) is 4.39 Å². The number of halogens is 3. The standard InChI is InChI=1S/C12H12Cl2FNO2/c1-12(15)2-3-16(6-12)11(18)10-8(14)4-7(13)5-9(10)17/h4-5,17H,2-3,6H2,1H3. The molecule has 0 spiro atoms. The molecule has 1 unspecified atom stereocenters. The van der Waals surface area contributed by atoms with Gasteiger partial charge in [0.2, 0.25) is 0 Å². The summed E-state index contributed by atoms with van der Waals surface area (Å²) in [6, 6.07) is 2.62. The second-order valence-corrected chi connectivity index (χ2v) is 5.52. The zero-order valence-corrected chi connectivity index (χ0v) is 11.2. The molecule has 18 heavy (non-hydrogen) atoms. The fraction of sp³-hybridized carbons (Fsp3) is 0.417. The minimum atomic E-state index is -1.38. The maximum atomic E-state index is 13.7. The van der Waals surface area contributed by atoms with E-state index in [0.717, 1.165) is 0 Å². The summed E-state index contributed by atoms with van der Waals surface area (Å²) in [5, 5.41) is 10.0. The molecule has 1 atom stereocenters. The van der Waals surface area contributed by atoms with Crippen LogP contribution in [0.3, 0.4) is 0 Å². The number of hydrogen-bond donors (Lipinski definition) is 1. The highest BCUT2D eigenvalue weighted by atomic mass is 35.5. The van der Waals surface area contributed by atoms with Crippen molar-refractivity contribution in [3.05, 3.63) is 27.7 Å². The summed E-state index contributed by atoms with van der Waals surface area (Å²) >= 11 is 11.6. The third kappa shape index (κ3) is 2.54. The quantitative estimate of drug-likeness (QED) is 0.863. The number of rotatable bonds is 1. The molecule has 1 aromatic carbocycles. The maximum absolute atomic E-state index is 13.7. The van der Waals surface area contributed by atoms with E-state index in [2.05, 4.69) is 0 Å². The molecule has 0 saturated carbocycles. The third-order valence-corrected chi connectivity index (χ3v) is 3.48. The van der Waals surface area contributed by atoms with Crippen LogP contribution in [0.5, 0.6) is 5.75 Å². The van der Waals surface area contributed by atoms with E-state index in [1.165, 1.54) is 24.0 Å². The number of likely N-dealkylation sites (tertiary alicyclic amines) is 1. The Hall–Kier alpha value is -1.000. The predicted octanol–water partition coefficient (Wildman–Crippen LogP) is 3.27. The molecule has 1 fully saturated rings. The zero-order chi connectivity index (χ0) is 13.5. The van der Waals surface area contributed by atoms with Gasteiger partial charge in [-0.1, -0.05) is 23.2 Å². The van der Waals surface area contributed by atoms with Gasteiger partial charge >= 0.3 is 0 Å². The topological polar surface area (TPSA) is 40.5 Å². The molecule has 1 amide bonds. The number of benzene rings is 1. The van der Waals surface area contributed by atoms with Crippen molar-refractivity contribution in [2.75, 3.05) is 13.1 Å². The van der Waals surface area contributed by atoms with Gasteiger partial charge in [-0.2, -0.15) is 0 Å². The Morgan fingerprint density at radius 3 is 2.67 bits per heavy atom. The number of nitrogens with zero attached hydrogens (tertiary/aromatic N) is 1. The van der Waals surface area contributed by atoms with Crippen LogP contribution in [-0.4, -0.2) is 34.7 Å². The molecule has 3 nitrogen and oxygen atoms in total. The molecule has 1 aliphatic rings. The van der Waals surface area contributed by atoms with Gasteiger partial charge in [-0.05, 0) is 19.1 Å². The van der Waals surface area contributed by atoms with Crippen molar-refractivity contribution in [3.8, 4) is 5.75 Å². The lowest BCUT2D eigenvalue weighted by molar-refractivity contribution is 0.0758. The molecule has 2 rings (SSSR count). The number of alkyl halides is 1. The first kappa shape index (κ1) is 13.4. The van der Waals surface area contributed by atoms with Crippen LogP contribution >= 0.6 is 23.2 Å². The van der Waals surface area contributed by atoms with E-state index in [1.54, 1.807) is 0 Å². The Kier molecular flexibility index (Phi) is 3.43. The number of carbonyl (C=O) groups excluding carboxylic acids is 1. The van der Waals surface area contributed by atoms with Crippen LogP contribution in [0.15, 0.2) is 12.1 Å². The normalized spacial score (nSPS) is 23.4. The van der Waals surface area contributed by atoms with E-state index in [9.17, 15) is 14.3 Å². The maximum Gasteiger partial charge on any atom is 0.259 e. The van der Waals surface area contributed by atoms with Crippen LogP contribution in [0.1, 0.15) is 23.7 Å². The lowest BCUT2D eigenvalue weighted by Crippen LogP contribution is -2.32. The first-order chi connectivity index (χ1) is 8.30. The molecular formula is C12H12Cl2FNO2. The van der Waals surface area contributed by atoms with E-state index >= 15 is 0 Å². The van der Waals surface area contributed by atoms with Crippen molar-refractivity contribution in [2.45, 2.75) is 19.0 Å². The summed E-state index contributed by atoms with van der Waals surface area (Å²) in [6.45, 7) is 1.76. The zero-order valence-electron chi connectivity index (χ0n) is 9.71. The van der Waals surface area contributed by atoms with E-state index in [-0.39, 0.29) is 34.3 Å². The van der Waals surface area contributed by atoms with Gasteiger partial charge in [0.25, 0.3) is 5.91 Å². The number of carbonyl (C=O) groups is 1. The summed E-state index contributed by atoms with van der Waals surface area (Å²) in [5.41, 5.74) is -1.41. The van der Waals surface area contributed by atoms with Gasteiger partial charge in [-0.25, -0.2) is 4.39 Å². The van der Waals surface area contributed by atoms with Crippen molar-refractivity contribution in [1.29, 1.82) is 0 Å². The third-order valence-electron chi connectivity index (χ3n) is 2.96. The molecule has 1 aliphatic heterocycles. The van der Waals surface area contributed by atoms with Crippen molar-refractivity contribution in [3.63, 3.8) is 0 Å². The van der Waals surface area contributed by atoms with Gasteiger partial charge in [-0.3, -0.25) is 4.79 Å². The summed E-state index contributed by atoms with van der Waals surface area (Å²) < 4.78 is 13.7. The number of amides is 1. The summed E-state index contributed by atoms with van der Waals surface area (Å²) in [4.78, 5) is 13.5. The molecule has 6 heteroatoms. The average Bonchev–Trinajstić information content (AvgIpc) is 2.57. The van der Waals surface area contributed by atoms with Gasteiger partial charge in [0.1, 0.15) is 11.4 Å². The van der Waals surface area contributed by atoms with Gasteiger partial charge in [0.15, 0.2) is 0 Å². The number of phenolic OH excluding ortho intramolecular Hbond substituents is 1. The number of hydrogen-bond acceptors (Lipinski definition) is 2. The molecule has 0 radical (unpaired) electrons. The van der Waals surface area contributed by atoms with E-state index in [1.807, 2.05) is 0 Å². The highest BCUT2D eigenvalue weighted by Crippen LogP contribution is 2.33. The summed E-state index contributed by atoms with van der Waals surface area (Å²) in [6.07, 6.45) is 0.282. The molecule has 0 aliphatic carbocycles. The first-order valence-corrected chi connectivity index (χ1v) is 6.22. The van der Waals surface area contributed by atoms with E-state index in [4.69, 9.17) is 23.2 Å². The van der Waals surface area contributed by atoms with Crippen molar-refractivity contribution < 1.29 is 14.3 Å². The highest BCUT2D eigenvalue weighted by Gasteiger charge is 2.37. The minimum Gasteiger partial charge on any atom is -0.507 e. The van der Waals surface area contributed by atoms with Gasteiger partial charge in [-0.15, -0.1) is 0 Å². The van der Waals surface area contributed by atoms with Crippen molar-refractivity contribution in [1.82, 2.24) is 4.90 Å². The molecule has 1 N–H and O–H groups in total. The van der Waals surface area contributed by atoms with E-state index < -0.39 is 11.6 Å². The molecule has 98 valence electrons. The predicted molar refractivity (Wildman–Crippen MR) is 68.2 cm³/mol. The first-order valence-electron chi connectivity index (χ1n) is 5.46. The lowest BCUT2D eigenvalue weighted by atomic mass is 10.1. The molecular weight excluding hydrogens is 280 g/mol. The lowest BCUT2D eigenvalue weighted by Gasteiger charge is -2.19. The molecule has 0 bridgehead atoms. The molecule has 1 heterocycles. The molecule has 1 aromatic rings. The van der Waals surface area contributed by atoms with Crippen LogP contribution in [-0.2, 0) is 0 Å². The average molecular weight is 292 g/mol. The largest absolute Gasteiger partial charge is 0.507 e. The second-order valence-electron chi connectivity index (χ2n) is 4.67. The van der Waals surface area contributed by atoms with Crippen molar-refractivity contribution in [2.24, 2.45) is 0 Å². The van der Waals surface area contributed by atoms with E-state index in [0.29, 0.717) is 6.54 Å². The highest BCUT2D eigenvalue weighted by molar-refractivity contribution is 6.37. The minimum absolute atomic E-state index is 0.00420. The Morgan fingerprint density at radius 1 is 1.50 bits per heavy atom. The summed E-state index contributed by atoms with van der Waals surface area (Å²) in [7, 11) is 0. The Balaban J connectivity index is 2.30. The second kappa shape index (κ2) is 4.59. The molecule has 0 aromatic heterocycles. The van der Waals surface area contributed by atoms with Gasteiger partial charge in [0.05, 0.1) is 17.1 Å². The number of phenols is 1. The van der Waals surface area contributed by atoms with Crippen LogP contribution < -0.4 is 0 Å². The monoisotopic (exact) mass is 291 g/mol. The van der Waals surface area contributed by atoms with Crippen molar-refractivity contribution >= 4 is 29.1 Å². The van der Waals surface area contributed by atoms with Gasteiger partial charge in [0, 0.05) is 18.0 Å². The Morgan fingerprint density at radius 2 is 2.17 bits per heavy atom. The smallest absolute Gasteiger partial charge is 0.259 e. The fourth-order valence-corrected chi connectivity index (χ4v) is 2.59.